The van der Waals surface area contributed by atoms with E-state index in [0.29, 0.717) is 17.9 Å². The Bertz CT molecular complexity index is 384. The highest BCUT2D eigenvalue weighted by Crippen LogP contribution is 2.35. The molecule has 1 aromatic heterocycles. The van der Waals surface area contributed by atoms with Crippen LogP contribution in [0.1, 0.15) is 33.1 Å². The number of nitrogens with one attached hydrogen (secondary N) is 2. The van der Waals surface area contributed by atoms with E-state index in [-0.39, 0.29) is 5.28 Å². The van der Waals surface area contributed by atoms with Crippen LogP contribution >= 0.6 is 11.6 Å². The summed E-state index contributed by atoms with van der Waals surface area (Å²) in [5.74, 6) is 1.87. The fourth-order valence-corrected chi connectivity index (χ4v) is 1.93. The first-order valence-corrected chi connectivity index (χ1v) is 6.52. The maximum absolute atomic E-state index is 5.86. The number of hydrogen-bond donors (Lipinski definition) is 2. The number of hydrogen-bond acceptors (Lipinski definition) is 5. The van der Waals surface area contributed by atoms with Crippen molar-refractivity contribution in [3.8, 4) is 0 Å². The van der Waals surface area contributed by atoms with Crippen molar-refractivity contribution in [1.82, 2.24) is 15.0 Å². The zero-order valence-corrected chi connectivity index (χ0v) is 11.0. The Morgan fingerprint density at radius 1 is 1.24 bits per heavy atom. The summed E-state index contributed by atoms with van der Waals surface area (Å²) in [5, 5.41) is 6.63. The highest BCUT2D eigenvalue weighted by molar-refractivity contribution is 6.28. The summed E-state index contributed by atoms with van der Waals surface area (Å²) in [6.45, 7) is 5.12. The van der Waals surface area contributed by atoms with Gasteiger partial charge in [0.05, 0.1) is 0 Å². The Hall–Kier alpha value is -1.10. The van der Waals surface area contributed by atoms with Crippen molar-refractivity contribution >= 4 is 23.5 Å². The molecule has 0 saturated heterocycles. The van der Waals surface area contributed by atoms with Gasteiger partial charge in [0, 0.05) is 12.6 Å². The topological polar surface area (TPSA) is 62.7 Å². The monoisotopic (exact) mass is 255 g/mol. The lowest BCUT2D eigenvalue weighted by Crippen LogP contribution is -2.12. The van der Waals surface area contributed by atoms with Crippen LogP contribution in [-0.4, -0.2) is 27.5 Å². The fourth-order valence-electron chi connectivity index (χ4n) is 1.77. The number of rotatable bonds is 6. The molecule has 1 aromatic rings. The molecule has 0 amide bonds. The Morgan fingerprint density at radius 2 is 2.00 bits per heavy atom. The van der Waals surface area contributed by atoms with Crippen LogP contribution in [0.4, 0.5) is 11.9 Å². The lowest BCUT2D eigenvalue weighted by Gasteiger charge is -2.07. The lowest BCUT2D eigenvalue weighted by atomic mass is 10.3. The van der Waals surface area contributed by atoms with Crippen molar-refractivity contribution in [2.24, 2.45) is 5.92 Å². The minimum atomic E-state index is 0.231. The van der Waals surface area contributed by atoms with Crippen molar-refractivity contribution < 1.29 is 0 Å². The van der Waals surface area contributed by atoms with Gasteiger partial charge in [0.2, 0.25) is 17.2 Å². The molecular formula is C11H18ClN5. The second kappa shape index (κ2) is 5.49. The van der Waals surface area contributed by atoms with E-state index in [1.165, 1.54) is 12.8 Å². The molecule has 0 spiro atoms. The lowest BCUT2D eigenvalue weighted by molar-refractivity contribution is 0.770. The van der Waals surface area contributed by atoms with Crippen LogP contribution in [-0.2, 0) is 0 Å². The van der Waals surface area contributed by atoms with Crippen LogP contribution in [0.2, 0.25) is 5.28 Å². The zero-order chi connectivity index (χ0) is 12.3. The normalized spacial score (nSPS) is 22.3. The molecule has 1 fully saturated rings. The molecule has 2 unspecified atom stereocenters. The SMILES string of the molecule is CCCNc1nc(Cl)nc(NC2CC2CC)n1. The summed E-state index contributed by atoms with van der Waals surface area (Å²) in [4.78, 5) is 12.4. The van der Waals surface area contributed by atoms with E-state index in [4.69, 9.17) is 11.6 Å². The third kappa shape index (κ3) is 3.43. The molecule has 1 heterocycles. The molecule has 0 bridgehead atoms. The third-order valence-corrected chi connectivity index (χ3v) is 3.07. The van der Waals surface area contributed by atoms with E-state index >= 15 is 0 Å². The molecular weight excluding hydrogens is 238 g/mol. The van der Waals surface area contributed by atoms with Crippen LogP contribution in [0, 0.1) is 5.92 Å². The van der Waals surface area contributed by atoms with E-state index in [0.717, 1.165) is 18.9 Å². The van der Waals surface area contributed by atoms with Crippen LogP contribution in [0.15, 0.2) is 0 Å². The van der Waals surface area contributed by atoms with Gasteiger partial charge in [-0.1, -0.05) is 20.3 Å². The Kier molecular flexibility index (Phi) is 3.99. The molecule has 0 radical (unpaired) electrons. The summed E-state index contributed by atoms with van der Waals surface area (Å²) < 4.78 is 0. The zero-order valence-electron chi connectivity index (χ0n) is 10.2. The van der Waals surface area contributed by atoms with E-state index in [1.807, 2.05) is 0 Å². The third-order valence-electron chi connectivity index (χ3n) is 2.90. The standard InChI is InChI=1S/C11H18ClN5/c1-3-5-13-10-15-9(12)16-11(17-10)14-8-6-7(8)4-2/h7-8H,3-6H2,1-2H3,(H2,13,14,15,16,17). The van der Waals surface area contributed by atoms with Crippen LogP contribution in [0.5, 0.6) is 0 Å². The average Bonchev–Trinajstić information content (AvgIpc) is 3.04. The molecule has 94 valence electrons. The van der Waals surface area contributed by atoms with Gasteiger partial charge in [0.1, 0.15) is 0 Å². The molecule has 2 rings (SSSR count). The second-order valence-electron chi connectivity index (χ2n) is 4.33. The van der Waals surface area contributed by atoms with Gasteiger partial charge in [-0.2, -0.15) is 15.0 Å². The number of nitrogens with zero attached hydrogens (tertiary/aromatic N) is 3. The smallest absolute Gasteiger partial charge is 0.229 e. The van der Waals surface area contributed by atoms with E-state index in [2.05, 4.69) is 39.4 Å². The van der Waals surface area contributed by atoms with Gasteiger partial charge in [0.25, 0.3) is 0 Å². The summed E-state index contributed by atoms with van der Waals surface area (Å²) >= 11 is 5.86. The minimum absolute atomic E-state index is 0.231. The fraction of sp³-hybridized carbons (Fsp3) is 0.727. The first kappa shape index (κ1) is 12.4. The largest absolute Gasteiger partial charge is 0.354 e. The molecule has 17 heavy (non-hydrogen) atoms. The predicted octanol–water partition coefficient (Wildman–Crippen LogP) is 2.56. The summed E-state index contributed by atoms with van der Waals surface area (Å²) in [6.07, 6.45) is 3.40. The van der Waals surface area contributed by atoms with Gasteiger partial charge >= 0.3 is 0 Å². The van der Waals surface area contributed by atoms with Crippen molar-refractivity contribution in [3.05, 3.63) is 5.28 Å². The maximum atomic E-state index is 5.86. The molecule has 1 aliphatic rings. The molecule has 2 atom stereocenters. The number of anilines is 2. The van der Waals surface area contributed by atoms with Gasteiger partial charge in [-0.15, -0.1) is 0 Å². The van der Waals surface area contributed by atoms with E-state index in [1.54, 1.807) is 0 Å². The van der Waals surface area contributed by atoms with Gasteiger partial charge in [-0.25, -0.2) is 0 Å². The first-order chi connectivity index (χ1) is 8.22. The van der Waals surface area contributed by atoms with Crippen molar-refractivity contribution in [1.29, 1.82) is 0 Å². The van der Waals surface area contributed by atoms with Gasteiger partial charge in [-0.3, -0.25) is 0 Å². The second-order valence-corrected chi connectivity index (χ2v) is 4.67. The summed E-state index contributed by atoms with van der Waals surface area (Å²) in [7, 11) is 0. The van der Waals surface area contributed by atoms with Crippen LogP contribution in [0.3, 0.4) is 0 Å². The van der Waals surface area contributed by atoms with Crippen molar-refractivity contribution in [2.45, 2.75) is 39.2 Å². The maximum Gasteiger partial charge on any atom is 0.229 e. The number of halogens is 1. The Balaban J connectivity index is 1.99. The highest BCUT2D eigenvalue weighted by Gasteiger charge is 2.35. The van der Waals surface area contributed by atoms with Gasteiger partial charge < -0.3 is 10.6 Å². The quantitative estimate of drug-likeness (QED) is 0.818. The molecule has 0 aliphatic heterocycles. The van der Waals surface area contributed by atoms with E-state index < -0.39 is 0 Å². The first-order valence-electron chi connectivity index (χ1n) is 6.15. The van der Waals surface area contributed by atoms with Crippen molar-refractivity contribution in [2.75, 3.05) is 17.2 Å². The average molecular weight is 256 g/mol. The van der Waals surface area contributed by atoms with Gasteiger partial charge in [0.15, 0.2) is 0 Å². The molecule has 1 aliphatic carbocycles. The van der Waals surface area contributed by atoms with Crippen LogP contribution in [0.25, 0.3) is 0 Å². The minimum Gasteiger partial charge on any atom is -0.354 e. The van der Waals surface area contributed by atoms with E-state index in [9.17, 15) is 0 Å². The molecule has 2 N–H and O–H groups in total. The Morgan fingerprint density at radius 3 is 2.65 bits per heavy atom. The van der Waals surface area contributed by atoms with Crippen LogP contribution < -0.4 is 10.6 Å². The van der Waals surface area contributed by atoms with Crippen molar-refractivity contribution in [3.63, 3.8) is 0 Å². The summed E-state index contributed by atoms with van der Waals surface area (Å²) in [6, 6.07) is 0.498. The van der Waals surface area contributed by atoms with Gasteiger partial charge in [-0.05, 0) is 30.4 Å². The predicted molar refractivity (Wildman–Crippen MR) is 69.4 cm³/mol. The molecule has 1 saturated carbocycles. The molecule has 0 aromatic carbocycles. The summed E-state index contributed by atoms with van der Waals surface area (Å²) in [5.41, 5.74) is 0. The highest BCUT2D eigenvalue weighted by atomic mass is 35.5. The molecule has 5 nitrogen and oxygen atoms in total. The number of aromatic nitrogens is 3. The Labute approximate surface area is 106 Å². The molecule has 6 heteroatoms.